The molecule has 14 nitrogen and oxygen atoms in total. The van der Waals surface area contributed by atoms with Crippen molar-refractivity contribution in [2.45, 2.75) is 0 Å². The van der Waals surface area contributed by atoms with Crippen LogP contribution in [0.25, 0.3) is 0 Å². The van der Waals surface area contributed by atoms with Crippen LogP contribution in [0.15, 0.2) is 9.98 Å². The summed E-state index contributed by atoms with van der Waals surface area (Å²) in [7, 11) is -4.64. The molecule has 0 heterocycles. The van der Waals surface area contributed by atoms with E-state index < -0.39 is 19.9 Å². The van der Waals surface area contributed by atoms with Crippen molar-refractivity contribution in [1.82, 2.24) is 0 Å². The first-order valence-electron chi connectivity index (χ1n) is 3.82. The Morgan fingerprint density at radius 2 is 0.895 bits per heavy atom. The fourth-order valence-electron chi connectivity index (χ4n) is 0.254. The third-order valence-electron chi connectivity index (χ3n) is 0.479. The number of rotatable bonds is 0. The number of hydrogen-bond acceptors (Lipinski definition) is 3. The number of guanidine groups is 2. The molecule has 4 amide bonds. The lowest BCUT2D eigenvalue weighted by atomic mass is 11.0. The van der Waals surface area contributed by atoms with Gasteiger partial charge >= 0.3 is 19.9 Å². The van der Waals surface area contributed by atoms with Gasteiger partial charge < -0.3 is 49.1 Å². The van der Waals surface area contributed by atoms with Gasteiger partial charge in [-0.2, -0.15) is 9.98 Å². The molecule has 0 aromatic carbocycles. The van der Waals surface area contributed by atoms with E-state index >= 15 is 0 Å². The maximum atomic E-state index is 9.68. The molecule has 112 valence electrons. The summed E-state index contributed by atoms with van der Waals surface area (Å²) in [6.07, 6.45) is 0. The molecule has 0 aliphatic rings. The third-order valence-corrected chi connectivity index (χ3v) is 0.479. The van der Waals surface area contributed by atoms with Gasteiger partial charge in [-0.15, -0.1) is 0 Å². The second-order valence-corrected chi connectivity index (χ2v) is 3.29. The minimum absolute atomic E-state index is 0.312. The predicted octanol–water partition coefficient (Wildman–Crippen LogP) is -4.25. The molecule has 15 N–H and O–H groups in total. The zero-order valence-corrected chi connectivity index (χ0v) is 10.3. The van der Waals surface area contributed by atoms with E-state index in [1.807, 2.05) is 0 Å². The minimum atomic E-state index is -4.64. The molecule has 0 aromatic heterocycles. The number of nitrogens with zero attached hydrogens (tertiary/aromatic N) is 2. The quantitative estimate of drug-likeness (QED) is 0.118. The van der Waals surface area contributed by atoms with E-state index in [2.05, 4.69) is 21.5 Å². The molecule has 15 heteroatoms. The van der Waals surface area contributed by atoms with E-state index in [0.29, 0.717) is 0 Å². The van der Waals surface area contributed by atoms with Gasteiger partial charge in [-0.05, 0) is 0 Å². The van der Waals surface area contributed by atoms with E-state index in [1.165, 1.54) is 0 Å². The van der Waals surface area contributed by atoms with Gasteiger partial charge in [0.05, 0.1) is 0 Å². The van der Waals surface area contributed by atoms with Crippen LogP contribution in [0.3, 0.4) is 0 Å². The van der Waals surface area contributed by atoms with Crippen LogP contribution >= 0.6 is 7.82 Å². The molecule has 0 atom stereocenters. The molecule has 0 rings (SSSR count). The molecule has 0 aliphatic heterocycles. The van der Waals surface area contributed by atoms with Gasteiger partial charge in [-0.3, -0.25) is 0 Å². The van der Waals surface area contributed by atoms with Crippen LogP contribution in [-0.4, -0.2) is 38.7 Å². The summed E-state index contributed by atoms with van der Waals surface area (Å²) in [5.41, 5.74) is 27.9. The molecule has 0 aliphatic carbocycles. The highest BCUT2D eigenvalue weighted by Crippen LogP contribution is 2.25. The predicted molar refractivity (Wildman–Crippen MR) is 65.0 cm³/mol. The summed E-state index contributed by atoms with van der Waals surface area (Å²) in [5, 5.41) is 0. The summed E-state index contributed by atoms with van der Waals surface area (Å²) < 4.78 is 8.88. The molecule has 0 saturated carbocycles. The molecule has 0 bridgehead atoms. The highest BCUT2D eigenvalue weighted by molar-refractivity contribution is 7.45. The number of nitrogens with two attached hydrogens (primary N) is 6. The Morgan fingerprint density at radius 1 is 0.737 bits per heavy atom. The topological polar surface area (TPSA) is 293 Å². The summed E-state index contributed by atoms with van der Waals surface area (Å²) in [6, 6.07) is -1.75. The van der Waals surface area contributed by atoms with Crippen molar-refractivity contribution in [3.05, 3.63) is 0 Å². The number of carbonyl (C=O) groups excluding carboxylic acids is 2. The molecular weight excluding hydrogens is 287 g/mol. The first kappa shape index (κ1) is 21.8. The lowest BCUT2D eigenvalue weighted by Gasteiger charge is -1.82. The maximum Gasteiger partial charge on any atom is 0.466 e. The fraction of sp³-hybridized carbons (Fsp3) is 0. The van der Waals surface area contributed by atoms with Crippen molar-refractivity contribution in [2.24, 2.45) is 44.4 Å². The van der Waals surface area contributed by atoms with Gasteiger partial charge in [0.15, 0.2) is 11.9 Å². The summed E-state index contributed by atoms with van der Waals surface area (Å²) >= 11 is 0. The SMILES string of the molecule is NC(=O)N=C(N)N.NC(=O)N=C(N)N.O=P(O)(O)O. The summed E-state index contributed by atoms with van der Waals surface area (Å²) in [5.74, 6) is -0.625. The van der Waals surface area contributed by atoms with Gasteiger partial charge in [0, 0.05) is 0 Å². The molecule has 0 saturated heterocycles. The van der Waals surface area contributed by atoms with Crippen molar-refractivity contribution in [3.63, 3.8) is 0 Å². The first-order valence-corrected chi connectivity index (χ1v) is 5.38. The van der Waals surface area contributed by atoms with Crippen LogP contribution in [0.2, 0.25) is 0 Å². The lowest BCUT2D eigenvalue weighted by molar-refractivity contribution is 0.256. The van der Waals surface area contributed by atoms with Crippen LogP contribution in [0, 0.1) is 0 Å². The van der Waals surface area contributed by atoms with E-state index in [-0.39, 0.29) is 11.9 Å². The number of urea groups is 2. The monoisotopic (exact) mass is 302 g/mol. The van der Waals surface area contributed by atoms with Crippen molar-refractivity contribution >= 4 is 31.8 Å². The smallest absolute Gasteiger partial charge is 0.370 e. The Hall–Kier alpha value is -2.41. The van der Waals surface area contributed by atoms with E-state index in [9.17, 15) is 9.59 Å². The van der Waals surface area contributed by atoms with E-state index in [0.717, 1.165) is 0 Å². The molecule has 0 fully saturated rings. The van der Waals surface area contributed by atoms with Crippen molar-refractivity contribution in [2.75, 3.05) is 0 Å². The zero-order chi connectivity index (χ0) is 16.2. The number of phosphoric acid groups is 1. The summed E-state index contributed by atoms with van der Waals surface area (Å²) in [6.45, 7) is 0. The lowest BCUT2D eigenvalue weighted by Crippen LogP contribution is -2.25. The van der Waals surface area contributed by atoms with Crippen LogP contribution in [-0.2, 0) is 4.57 Å². The average molecular weight is 302 g/mol. The Morgan fingerprint density at radius 3 is 0.895 bits per heavy atom. The van der Waals surface area contributed by atoms with Crippen molar-refractivity contribution < 1.29 is 28.8 Å². The third kappa shape index (κ3) is 92.1. The zero-order valence-electron chi connectivity index (χ0n) is 9.37. The standard InChI is InChI=1S/2C2H6N4O.H3O4P/c2*3-1(4)6-2(5)7;1-5(2,3)4/h2*(H6,3,4,5,6,7);(H3,1,2,3,4). The normalized spacial score (nSPS) is 8.58. The highest BCUT2D eigenvalue weighted by atomic mass is 31.2. The molecular formula is C4H15N8O6P. The second kappa shape index (κ2) is 10.7. The summed E-state index contributed by atoms with van der Waals surface area (Å²) in [4.78, 5) is 46.7. The van der Waals surface area contributed by atoms with Crippen LogP contribution < -0.4 is 34.4 Å². The Kier molecular flexibility index (Phi) is 12.3. The number of aliphatic imine (C=N–C) groups is 2. The van der Waals surface area contributed by atoms with Crippen LogP contribution in [0.4, 0.5) is 9.59 Å². The van der Waals surface area contributed by atoms with Crippen LogP contribution in [0.5, 0.6) is 0 Å². The molecule has 0 spiro atoms. The molecule has 0 unspecified atom stereocenters. The van der Waals surface area contributed by atoms with Gasteiger partial charge in [0.2, 0.25) is 0 Å². The number of primary amides is 2. The number of carbonyl (C=O) groups is 2. The minimum Gasteiger partial charge on any atom is -0.370 e. The maximum absolute atomic E-state index is 9.68. The van der Waals surface area contributed by atoms with E-state index in [4.69, 9.17) is 42.2 Å². The van der Waals surface area contributed by atoms with Gasteiger partial charge in [0.25, 0.3) is 0 Å². The van der Waals surface area contributed by atoms with Gasteiger partial charge in [-0.25, -0.2) is 14.2 Å². The second-order valence-electron chi connectivity index (χ2n) is 2.26. The van der Waals surface area contributed by atoms with Crippen LogP contribution in [0.1, 0.15) is 0 Å². The van der Waals surface area contributed by atoms with E-state index in [1.54, 1.807) is 0 Å². The molecule has 0 aromatic rings. The molecule has 0 radical (unpaired) electrons. The van der Waals surface area contributed by atoms with Crippen molar-refractivity contribution in [1.29, 1.82) is 0 Å². The first-order chi connectivity index (χ1) is 8.25. The molecule has 19 heavy (non-hydrogen) atoms. The fourth-order valence-corrected chi connectivity index (χ4v) is 0.254. The number of amides is 4. The van der Waals surface area contributed by atoms with Gasteiger partial charge in [-0.1, -0.05) is 0 Å². The highest BCUT2D eigenvalue weighted by Gasteiger charge is 2.00. The van der Waals surface area contributed by atoms with Gasteiger partial charge in [0.1, 0.15) is 0 Å². The van der Waals surface area contributed by atoms with Crippen molar-refractivity contribution in [3.8, 4) is 0 Å². The largest absolute Gasteiger partial charge is 0.466 e. The average Bonchev–Trinajstić information content (AvgIpc) is 1.93. The Balaban J connectivity index is -0.000000206. The number of hydrogen-bond donors (Lipinski definition) is 9. The Bertz CT molecular complexity index is 356. The Labute approximate surface area is 106 Å².